The molecule has 0 unspecified atom stereocenters. The number of carbonyl (C=O) groups is 2. The van der Waals surface area contributed by atoms with E-state index in [4.69, 9.17) is 0 Å². The highest BCUT2D eigenvalue weighted by molar-refractivity contribution is 6.02. The fourth-order valence-corrected chi connectivity index (χ4v) is 3.71. The van der Waals surface area contributed by atoms with Crippen molar-refractivity contribution in [3.63, 3.8) is 0 Å². The van der Waals surface area contributed by atoms with Gasteiger partial charge in [-0.05, 0) is 69.1 Å². The highest BCUT2D eigenvalue weighted by Crippen LogP contribution is 2.22. The number of rotatable bonds is 7. The van der Waals surface area contributed by atoms with Crippen molar-refractivity contribution in [2.24, 2.45) is 5.10 Å². The van der Waals surface area contributed by atoms with Crippen molar-refractivity contribution in [2.45, 2.75) is 26.7 Å². The van der Waals surface area contributed by atoms with Crippen LogP contribution in [0, 0.1) is 13.8 Å². The van der Waals surface area contributed by atoms with Crippen molar-refractivity contribution < 1.29 is 14.7 Å². The van der Waals surface area contributed by atoms with E-state index in [2.05, 4.69) is 21.9 Å². The standard InChI is InChI=1S/C21H31N5O3.2ClH/c1-16-12-18(13-17(2)20(16)28)14-22-26-15-19(27)25(21(26)29)7-5-4-6-24-10-8-23(3)9-11-24;;/h12-14,28H,4-11,15H2,1-3H3;2*1H/b22-14+;;. The molecule has 1 aromatic rings. The average Bonchev–Trinajstić information content (AvgIpc) is 2.96. The third-order valence-corrected chi connectivity index (χ3v) is 5.60. The zero-order chi connectivity index (χ0) is 21.0. The van der Waals surface area contributed by atoms with E-state index in [1.54, 1.807) is 18.3 Å². The molecule has 0 radical (unpaired) electrons. The molecule has 31 heavy (non-hydrogen) atoms. The molecule has 3 amide bonds. The number of hydrogen-bond donors (Lipinski definition) is 1. The lowest BCUT2D eigenvalue weighted by Crippen LogP contribution is -2.44. The van der Waals surface area contributed by atoms with E-state index in [-0.39, 0.29) is 49.0 Å². The number of amides is 3. The Morgan fingerprint density at radius 3 is 2.19 bits per heavy atom. The van der Waals surface area contributed by atoms with Crippen LogP contribution in [0.1, 0.15) is 29.5 Å². The summed E-state index contributed by atoms with van der Waals surface area (Å²) >= 11 is 0. The average molecular weight is 474 g/mol. The molecule has 0 atom stereocenters. The van der Waals surface area contributed by atoms with E-state index >= 15 is 0 Å². The Balaban J connectivity index is 0.00000240. The second-order valence-electron chi connectivity index (χ2n) is 7.99. The molecule has 174 valence electrons. The summed E-state index contributed by atoms with van der Waals surface area (Å²) < 4.78 is 0. The number of piperazine rings is 1. The van der Waals surface area contributed by atoms with Crippen LogP contribution in [0.15, 0.2) is 17.2 Å². The number of benzene rings is 1. The Kier molecular flexibility index (Phi) is 10.7. The highest BCUT2D eigenvalue weighted by Gasteiger charge is 2.35. The number of nitrogens with zero attached hydrogens (tertiary/aromatic N) is 5. The van der Waals surface area contributed by atoms with Gasteiger partial charge in [0.15, 0.2) is 0 Å². The molecule has 3 rings (SSSR count). The minimum absolute atomic E-state index is 0. The molecule has 0 aromatic heterocycles. The summed E-state index contributed by atoms with van der Waals surface area (Å²) in [5.41, 5.74) is 2.28. The smallest absolute Gasteiger partial charge is 0.347 e. The Hall–Kier alpha value is -1.87. The monoisotopic (exact) mass is 473 g/mol. The zero-order valence-electron chi connectivity index (χ0n) is 18.4. The number of hydrazone groups is 1. The summed E-state index contributed by atoms with van der Waals surface area (Å²) in [6.07, 6.45) is 3.33. The van der Waals surface area contributed by atoms with Crippen LogP contribution >= 0.6 is 24.8 Å². The third-order valence-electron chi connectivity index (χ3n) is 5.60. The lowest BCUT2D eigenvalue weighted by molar-refractivity contribution is -0.125. The van der Waals surface area contributed by atoms with E-state index in [0.29, 0.717) is 6.54 Å². The van der Waals surface area contributed by atoms with Crippen LogP contribution in [0.3, 0.4) is 0 Å². The minimum atomic E-state index is -0.363. The number of likely N-dealkylation sites (N-methyl/N-ethyl adjacent to an activating group) is 1. The van der Waals surface area contributed by atoms with Crippen LogP contribution in [0.25, 0.3) is 0 Å². The number of phenolic OH excluding ortho intramolecular Hbond substituents is 1. The van der Waals surface area contributed by atoms with Crippen molar-refractivity contribution in [3.05, 3.63) is 28.8 Å². The fourth-order valence-electron chi connectivity index (χ4n) is 3.71. The molecule has 8 nitrogen and oxygen atoms in total. The summed E-state index contributed by atoms with van der Waals surface area (Å²) in [4.78, 5) is 30.8. The Labute approximate surface area is 196 Å². The van der Waals surface area contributed by atoms with Gasteiger partial charge < -0.3 is 14.9 Å². The summed E-state index contributed by atoms with van der Waals surface area (Å²) in [6.45, 7) is 9.40. The molecule has 2 heterocycles. The molecule has 2 aliphatic rings. The number of aromatic hydroxyl groups is 1. The number of halogens is 2. The Morgan fingerprint density at radius 2 is 1.58 bits per heavy atom. The number of unbranched alkanes of at least 4 members (excludes halogenated alkanes) is 1. The SMILES string of the molecule is Cc1cc(/C=N/N2CC(=O)N(CCCCN3CCN(C)CC3)C2=O)cc(C)c1O.Cl.Cl. The van der Waals surface area contributed by atoms with Crippen molar-refractivity contribution in [1.82, 2.24) is 19.7 Å². The minimum Gasteiger partial charge on any atom is -0.507 e. The van der Waals surface area contributed by atoms with Gasteiger partial charge in [0, 0.05) is 32.7 Å². The summed E-state index contributed by atoms with van der Waals surface area (Å²) in [6, 6.07) is 3.23. The lowest BCUT2D eigenvalue weighted by Gasteiger charge is -2.32. The van der Waals surface area contributed by atoms with Gasteiger partial charge in [0.1, 0.15) is 12.3 Å². The van der Waals surface area contributed by atoms with Gasteiger partial charge in [-0.1, -0.05) is 0 Å². The molecule has 2 aliphatic heterocycles. The van der Waals surface area contributed by atoms with Gasteiger partial charge in [0.05, 0.1) is 6.21 Å². The topological polar surface area (TPSA) is 79.7 Å². The van der Waals surface area contributed by atoms with Crippen LogP contribution in [0.4, 0.5) is 4.79 Å². The molecule has 1 N–H and O–H groups in total. The number of phenols is 1. The number of imide groups is 1. The summed E-state index contributed by atoms with van der Waals surface area (Å²) in [5, 5.41) is 15.3. The predicted octanol–water partition coefficient (Wildman–Crippen LogP) is 2.48. The van der Waals surface area contributed by atoms with E-state index in [9.17, 15) is 14.7 Å². The van der Waals surface area contributed by atoms with Crippen LogP contribution in [0.5, 0.6) is 5.75 Å². The Bertz CT molecular complexity index is 774. The third kappa shape index (κ3) is 7.07. The highest BCUT2D eigenvalue weighted by atomic mass is 35.5. The molecule has 2 saturated heterocycles. The molecule has 2 fully saturated rings. The van der Waals surface area contributed by atoms with Gasteiger partial charge in [0.2, 0.25) is 0 Å². The van der Waals surface area contributed by atoms with Gasteiger partial charge in [-0.15, -0.1) is 24.8 Å². The zero-order valence-corrected chi connectivity index (χ0v) is 20.0. The van der Waals surface area contributed by atoms with E-state index in [1.165, 1.54) is 9.91 Å². The van der Waals surface area contributed by atoms with E-state index in [1.807, 2.05) is 13.8 Å². The van der Waals surface area contributed by atoms with E-state index in [0.717, 1.165) is 62.3 Å². The van der Waals surface area contributed by atoms with Crippen molar-refractivity contribution >= 4 is 43.0 Å². The van der Waals surface area contributed by atoms with Crippen LogP contribution in [-0.4, -0.2) is 95.8 Å². The maximum absolute atomic E-state index is 12.5. The largest absolute Gasteiger partial charge is 0.507 e. The van der Waals surface area contributed by atoms with Crippen molar-refractivity contribution in [2.75, 3.05) is 52.9 Å². The van der Waals surface area contributed by atoms with Crippen molar-refractivity contribution in [3.8, 4) is 5.75 Å². The molecule has 1 aromatic carbocycles. The second kappa shape index (κ2) is 12.2. The number of aryl methyl sites for hydroxylation is 2. The van der Waals surface area contributed by atoms with Crippen LogP contribution in [0.2, 0.25) is 0 Å². The number of hydrogen-bond acceptors (Lipinski definition) is 6. The van der Waals surface area contributed by atoms with Gasteiger partial charge in [-0.25, -0.2) is 9.80 Å². The van der Waals surface area contributed by atoms with Gasteiger partial charge in [0.25, 0.3) is 5.91 Å². The first-order chi connectivity index (χ1) is 13.8. The molecule has 0 aliphatic carbocycles. The van der Waals surface area contributed by atoms with Gasteiger partial charge >= 0.3 is 6.03 Å². The molecule has 0 spiro atoms. The first kappa shape index (κ1) is 27.2. The van der Waals surface area contributed by atoms with Gasteiger partial charge in [-0.3, -0.25) is 9.69 Å². The maximum Gasteiger partial charge on any atom is 0.347 e. The molecule has 10 heteroatoms. The predicted molar refractivity (Wildman–Crippen MR) is 127 cm³/mol. The number of urea groups is 1. The second-order valence-corrected chi connectivity index (χ2v) is 7.99. The normalized spacial score (nSPS) is 17.9. The first-order valence-electron chi connectivity index (χ1n) is 10.2. The lowest BCUT2D eigenvalue weighted by atomic mass is 10.1. The van der Waals surface area contributed by atoms with Crippen LogP contribution < -0.4 is 0 Å². The Morgan fingerprint density at radius 1 is 1.00 bits per heavy atom. The quantitative estimate of drug-likeness (QED) is 0.373. The molecular formula is C21H33Cl2N5O3. The fraction of sp³-hybridized carbons (Fsp3) is 0.571. The van der Waals surface area contributed by atoms with Crippen LogP contribution in [-0.2, 0) is 4.79 Å². The molecule has 0 saturated carbocycles. The summed E-state index contributed by atoms with van der Waals surface area (Å²) in [7, 11) is 2.14. The van der Waals surface area contributed by atoms with Gasteiger partial charge in [-0.2, -0.15) is 5.10 Å². The van der Waals surface area contributed by atoms with E-state index < -0.39 is 0 Å². The number of carbonyl (C=O) groups excluding carboxylic acids is 2. The van der Waals surface area contributed by atoms with Crippen molar-refractivity contribution in [1.29, 1.82) is 0 Å². The summed E-state index contributed by atoms with van der Waals surface area (Å²) in [5.74, 6) is 0.0575. The molecular weight excluding hydrogens is 441 g/mol. The first-order valence-corrected chi connectivity index (χ1v) is 10.2. The molecule has 0 bridgehead atoms. The maximum atomic E-state index is 12.5.